The van der Waals surface area contributed by atoms with Crippen LogP contribution < -0.4 is 31.1 Å². The molecule has 1 aliphatic carbocycles. The Morgan fingerprint density at radius 1 is 0.655 bits per heavy atom. The fraction of sp³-hybridized carbons (Fsp3) is 0.348. The number of rotatable bonds is 39. The Labute approximate surface area is 693 Å². The highest BCUT2D eigenvalue weighted by atomic mass is 31.2. The molecule has 2 fully saturated rings. The maximum atomic E-state index is 14.3. The third-order valence-electron chi connectivity index (χ3n) is 20.7. The summed E-state index contributed by atoms with van der Waals surface area (Å²) < 4.78 is 77.8. The summed E-state index contributed by atoms with van der Waals surface area (Å²) in [5.74, 6) is 2.93. The Balaban J connectivity index is 0.746. The van der Waals surface area contributed by atoms with Gasteiger partial charge in [0.05, 0.1) is 78.1 Å². The first-order valence-corrected chi connectivity index (χ1v) is 41.7. The minimum absolute atomic E-state index is 0.00847. The molecule has 3 N–H and O–H groups in total. The van der Waals surface area contributed by atoms with E-state index in [0.717, 1.165) is 50.1 Å². The summed E-state index contributed by atoms with van der Waals surface area (Å²) in [5.41, 5.74) is 7.27. The lowest BCUT2D eigenvalue weighted by atomic mass is 9.80. The molecular weight excluding hydrogens is 1550 g/mol. The lowest BCUT2D eigenvalue weighted by Gasteiger charge is -2.37. The van der Waals surface area contributed by atoms with Crippen LogP contribution in [0.25, 0.3) is 22.3 Å². The van der Waals surface area contributed by atoms with Crippen LogP contribution in [0.15, 0.2) is 212 Å². The molecule has 10 aromatic rings. The molecular formula is C89H96N12O16P2. The van der Waals surface area contributed by atoms with Gasteiger partial charge < -0.3 is 71.9 Å². The Bertz CT molecular complexity index is 5130. The Kier molecular flexibility index (Phi) is 29.5. The number of fused-ring (bicyclic) bond motifs is 4. The molecule has 0 saturated carbocycles. The largest absolute Gasteiger partial charge is 0.497 e. The van der Waals surface area contributed by atoms with Crippen molar-refractivity contribution in [2.24, 2.45) is 0 Å². The summed E-state index contributed by atoms with van der Waals surface area (Å²) in [6.07, 6.45) is 5.12. The predicted molar refractivity (Wildman–Crippen MR) is 448 cm³/mol. The average molecular weight is 1650 g/mol. The molecule has 30 heteroatoms. The van der Waals surface area contributed by atoms with Gasteiger partial charge in [0.2, 0.25) is 11.8 Å². The summed E-state index contributed by atoms with van der Waals surface area (Å²) in [6.45, 7) is 8.49. The first-order chi connectivity index (χ1) is 57.9. The van der Waals surface area contributed by atoms with E-state index in [1.807, 2.05) is 161 Å². The molecule has 3 aliphatic rings. The fourth-order valence-electron chi connectivity index (χ4n) is 14.8. The highest BCUT2D eigenvalue weighted by Gasteiger charge is 2.47. The second-order valence-corrected chi connectivity index (χ2v) is 31.8. The van der Waals surface area contributed by atoms with Gasteiger partial charge in [-0.25, -0.2) is 29.2 Å². The molecule has 8 atom stereocenters. The summed E-state index contributed by atoms with van der Waals surface area (Å²) in [7, 11) is 0.530. The summed E-state index contributed by atoms with van der Waals surface area (Å²) in [4.78, 5) is 87.5. The van der Waals surface area contributed by atoms with Gasteiger partial charge in [0.1, 0.15) is 60.5 Å². The lowest BCUT2D eigenvalue weighted by Crippen LogP contribution is -2.38. The number of imidazole rings is 1. The minimum Gasteiger partial charge on any atom is -0.497 e. The summed E-state index contributed by atoms with van der Waals surface area (Å²) in [6, 6.07) is 61.2. The van der Waals surface area contributed by atoms with Gasteiger partial charge in [-0.3, -0.25) is 23.5 Å². The van der Waals surface area contributed by atoms with Gasteiger partial charge >= 0.3 is 20.4 Å². The SMILES string of the molecule is C#CCCOP(OC1C[C@H](n2ccc(NC(=O)CCCN(C)C(=O)OCC3c4ccccc4-c4ccccc43)nc2=O)O[C@@H]1COP(OCCC#N)OC1C[C@H](n2cnc3c(NC(=O)c4ccc(CNC(=O)Cc5ccccc5)cc4)ncnc32)O[C@@H]1COC(c1ccccc1)(c1ccc(OC)cc1)c1ccc(OC)cc1)N(C(C)C)C(C)C. The number of hydrogen-bond acceptors (Lipinski definition) is 22. The van der Waals surface area contributed by atoms with Crippen LogP contribution in [-0.2, 0) is 69.7 Å². The number of benzene rings is 7. The average Bonchev–Trinajstić information content (AvgIpc) is 1.58. The van der Waals surface area contributed by atoms with E-state index in [4.69, 9.17) is 62.4 Å². The van der Waals surface area contributed by atoms with E-state index in [9.17, 15) is 29.2 Å². The van der Waals surface area contributed by atoms with E-state index in [-0.39, 0.29) is 119 Å². The number of ether oxygens (including phenoxy) is 6. The quantitative estimate of drug-likeness (QED) is 0.0139. The molecule has 2 aliphatic heterocycles. The van der Waals surface area contributed by atoms with E-state index in [0.29, 0.717) is 35.6 Å². The standard InChI is InChI=1S/C89H96N12O16P2/c1-9-10-48-111-118(101(59(2)3)60(4)5)116-74-51-81(99-47-44-78(96-87(99)105)95-79(102)31-21-46-98(6)88(106)109-54-73-71-29-19-17-27-69(71)70-28-18-20-30-72(70)73)115-77(74)56-113-119(112-49-22-45-90)117-75-52-82(114-76(75)55-110-89(64-25-15-12-16-26-64,65-36-40-67(107-7)41-37-65)66-38-42-68(108-8)43-39-66)100-58-94-83-84(92-57-93-85(83)100)97-86(104)63-34-32-62(33-35-63)53-91-80(103)50-61-23-13-11-14-24-61/h1,11-20,23-30,32-44,47,57-60,73-77,81-82H,10,21-22,31,46,48-56H2,2-8H3,(H,91,103)(H,92,93,97,104)(H,95,96,102,105)/t74?,75?,76-,77-,81-,82-,118?,119?/m1/s1. The van der Waals surface area contributed by atoms with Crippen molar-refractivity contribution < 1.29 is 70.2 Å². The van der Waals surface area contributed by atoms with E-state index in [1.54, 1.807) is 56.4 Å². The number of aromatic nitrogens is 6. The van der Waals surface area contributed by atoms with E-state index in [2.05, 4.69) is 71.8 Å². The van der Waals surface area contributed by atoms with E-state index < -0.39 is 83.2 Å². The fourth-order valence-corrected chi connectivity index (χ4v) is 17.7. The zero-order valence-corrected chi connectivity index (χ0v) is 69.0. The van der Waals surface area contributed by atoms with Crippen molar-refractivity contribution in [2.75, 3.05) is 71.5 Å². The van der Waals surface area contributed by atoms with Crippen LogP contribution >= 0.6 is 17.1 Å². The highest BCUT2D eigenvalue weighted by molar-refractivity contribution is 7.44. The van der Waals surface area contributed by atoms with Crippen molar-refractivity contribution in [3.63, 3.8) is 0 Å². The number of anilines is 2. The molecule has 0 spiro atoms. The van der Waals surface area contributed by atoms with Gasteiger partial charge in [0.15, 0.2) is 17.0 Å². The topological polar surface area (TPSA) is 315 Å². The Morgan fingerprint density at radius 3 is 1.89 bits per heavy atom. The Hall–Kier alpha value is -11.2. The van der Waals surface area contributed by atoms with Crippen molar-refractivity contribution in [1.29, 1.82) is 5.26 Å². The first-order valence-electron chi connectivity index (χ1n) is 39.5. The van der Waals surface area contributed by atoms with Crippen LogP contribution in [0, 0.1) is 23.7 Å². The Morgan fingerprint density at radius 2 is 1.26 bits per heavy atom. The number of hydrogen-bond donors (Lipinski definition) is 3. The van der Waals surface area contributed by atoms with Gasteiger partial charge in [-0.15, -0.1) is 12.3 Å². The van der Waals surface area contributed by atoms with Crippen molar-refractivity contribution in [3.05, 3.63) is 262 Å². The molecule has 28 nitrogen and oxygen atoms in total. The number of methoxy groups -OCH3 is 2. The second kappa shape index (κ2) is 41.0. The third kappa shape index (κ3) is 21.1. The number of amides is 4. The maximum absolute atomic E-state index is 14.3. The molecule has 119 heavy (non-hydrogen) atoms. The molecule has 0 radical (unpaired) electrons. The lowest BCUT2D eigenvalue weighted by molar-refractivity contribution is -0.120. The molecule has 618 valence electrons. The molecule has 7 aromatic carbocycles. The first kappa shape index (κ1) is 85.7. The molecule has 5 heterocycles. The van der Waals surface area contributed by atoms with E-state index in [1.165, 1.54) is 28.1 Å². The van der Waals surface area contributed by atoms with Gasteiger partial charge in [0.25, 0.3) is 14.4 Å². The van der Waals surface area contributed by atoms with Crippen LogP contribution in [0.5, 0.6) is 11.5 Å². The zero-order chi connectivity index (χ0) is 83.4. The third-order valence-corrected chi connectivity index (χ3v) is 24.0. The second-order valence-electron chi connectivity index (χ2n) is 29.2. The number of terminal acetylenes is 1. The monoisotopic (exact) mass is 1650 g/mol. The smallest absolute Gasteiger partial charge is 0.409 e. The summed E-state index contributed by atoms with van der Waals surface area (Å²) >= 11 is 0. The summed E-state index contributed by atoms with van der Waals surface area (Å²) in [5, 5.41) is 18.6. The predicted octanol–water partition coefficient (Wildman–Crippen LogP) is 14.7. The number of nitriles is 1. The van der Waals surface area contributed by atoms with Crippen LogP contribution in [0.3, 0.4) is 0 Å². The minimum atomic E-state index is -2.45. The van der Waals surface area contributed by atoms with Crippen LogP contribution in [0.4, 0.5) is 16.4 Å². The van der Waals surface area contributed by atoms with Crippen molar-refractivity contribution in [2.45, 2.75) is 140 Å². The normalized spacial score (nSPS) is 17.4. The van der Waals surface area contributed by atoms with Crippen LogP contribution in [-0.4, -0.2) is 160 Å². The van der Waals surface area contributed by atoms with E-state index >= 15 is 0 Å². The van der Waals surface area contributed by atoms with Gasteiger partial charge in [-0.1, -0.05) is 146 Å². The number of nitrogens with one attached hydrogen (secondary N) is 3. The van der Waals surface area contributed by atoms with Crippen molar-refractivity contribution in [1.82, 2.24) is 44.0 Å². The maximum Gasteiger partial charge on any atom is 0.409 e. The number of carbonyl (C=O) groups excluding carboxylic acids is 4. The molecule has 3 aromatic heterocycles. The molecule has 4 amide bonds. The van der Waals surface area contributed by atoms with Gasteiger partial charge in [-0.2, -0.15) is 10.2 Å². The highest BCUT2D eigenvalue weighted by Crippen LogP contribution is 2.53. The zero-order valence-electron chi connectivity index (χ0n) is 67.3. The van der Waals surface area contributed by atoms with Crippen LogP contribution in [0.2, 0.25) is 0 Å². The molecule has 13 rings (SSSR count). The molecule has 4 unspecified atom stereocenters. The van der Waals surface area contributed by atoms with Crippen molar-refractivity contribution in [3.8, 4) is 41.0 Å². The molecule has 2 saturated heterocycles. The van der Waals surface area contributed by atoms with Gasteiger partial charge in [-0.05, 0) is 127 Å². The van der Waals surface area contributed by atoms with Gasteiger partial charge in [0, 0.05) is 75.6 Å². The molecule has 0 bridgehead atoms. The number of nitrogens with zero attached hydrogens (tertiary/aromatic N) is 9. The van der Waals surface area contributed by atoms with Crippen LogP contribution in [0.1, 0.15) is 134 Å². The van der Waals surface area contributed by atoms with Crippen molar-refractivity contribution >= 4 is 63.7 Å². The number of carbonyl (C=O) groups is 4.